The van der Waals surface area contributed by atoms with Crippen molar-refractivity contribution in [3.63, 3.8) is 0 Å². The second-order valence-corrected chi connectivity index (χ2v) is 6.15. The fourth-order valence-electron chi connectivity index (χ4n) is 2.86. The molecule has 0 aliphatic heterocycles. The van der Waals surface area contributed by atoms with Gasteiger partial charge in [0.25, 0.3) is 0 Å². The maximum absolute atomic E-state index is 3.49. The molecule has 2 rings (SSSR count). The van der Waals surface area contributed by atoms with Crippen LogP contribution in [0.15, 0.2) is 42.5 Å². The van der Waals surface area contributed by atoms with E-state index >= 15 is 0 Å². The lowest BCUT2D eigenvalue weighted by Gasteiger charge is -2.18. The molecular weight excluding hydrogens is 242 g/mol. The number of hydrogen-bond acceptors (Lipinski definition) is 1. The van der Waals surface area contributed by atoms with Crippen molar-refractivity contribution in [3.8, 4) is 0 Å². The lowest BCUT2D eigenvalue weighted by Crippen LogP contribution is -2.27. The summed E-state index contributed by atoms with van der Waals surface area (Å²) in [6.07, 6.45) is 5.02. The van der Waals surface area contributed by atoms with E-state index < -0.39 is 0 Å². The van der Waals surface area contributed by atoms with Crippen molar-refractivity contribution in [2.45, 2.75) is 45.6 Å². The smallest absolute Gasteiger partial charge is 0.0105 e. The van der Waals surface area contributed by atoms with Crippen LogP contribution in [0.4, 0.5) is 0 Å². The van der Waals surface area contributed by atoms with E-state index in [0.29, 0.717) is 6.04 Å². The molecule has 2 aromatic rings. The van der Waals surface area contributed by atoms with Gasteiger partial charge in [0.1, 0.15) is 0 Å². The van der Waals surface area contributed by atoms with Crippen molar-refractivity contribution in [1.82, 2.24) is 5.32 Å². The third-order valence-corrected chi connectivity index (χ3v) is 4.09. The highest BCUT2D eigenvalue weighted by molar-refractivity contribution is 5.85. The van der Waals surface area contributed by atoms with E-state index in [9.17, 15) is 0 Å². The average Bonchev–Trinajstić information content (AvgIpc) is 2.46. The molecule has 0 saturated heterocycles. The molecule has 20 heavy (non-hydrogen) atoms. The molecule has 0 heterocycles. The van der Waals surface area contributed by atoms with E-state index in [2.05, 4.69) is 68.7 Å². The van der Waals surface area contributed by atoms with Gasteiger partial charge in [-0.25, -0.2) is 0 Å². The monoisotopic (exact) mass is 269 g/mol. The van der Waals surface area contributed by atoms with Gasteiger partial charge in [-0.15, -0.1) is 0 Å². The van der Waals surface area contributed by atoms with Gasteiger partial charge < -0.3 is 5.32 Å². The molecule has 1 atom stereocenters. The summed E-state index contributed by atoms with van der Waals surface area (Å²) in [7, 11) is 2.09. The van der Waals surface area contributed by atoms with Gasteiger partial charge >= 0.3 is 0 Å². The van der Waals surface area contributed by atoms with Crippen molar-refractivity contribution in [1.29, 1.82) is 0 Å². The second kappa shape index (κ2) is 7.44. The standard InChI is InChI=1S/C19H27N/c1-15(2)8-6-12-18(20-3)14-17-11-7-10-16-9-4-5-13-19(16)17/h4-5,7,9-11,13,15,18,20H,6,8,12,14H2,1-3H3. The van der Waals surface area contributed by atoms with Crippen molar-refractivity contribution in [2.75, 3.05) is 7.05 Å². The molecule has 0 aromatic heterocycles. The van der Waals surface area contributed by atoms with Crippen LogP contribution in [0.3, 0.4) is 0 Å². The first-order valence-electron chi connectivity index (χ1n) is 7.84. The van der Waals surface area contributed by atoms with Crippen LogP contribution in [-0.4, -0.2) is 13.1 Å². The number of likely N-dealkylation sites (N-methyl/N-ethyl adjacent to an activating group) is 1. The predicted molar refractivity (Wildman–Crippen MR) is 89.2 cm³/mol. The van der Waals surface area contributed by atoms with Crippen LogP contribution < -0.4 is 5.32 Å². The first kappa shape index (κ1) is 15.1. The zero-order chi connectivity index (χ0) is 14.4. The Labute approximate surface area is 123 Å². The Balaban J connectivity index is 2.05. The largest absolute Gasteiger partial charge is 0.317 e. The average molecular weight is 269 g/mol. The Morgan fingerprint density at radius 3 is 2.45 bits per heavy atom. The summed E-state index contributed by atoms with van der Waals surface area (Å²) in [6, 6.07) is 15.9. The lowest BCUT2D eigenvalue weighted by molar-refractivity contribution is 0.458. The molecule has 0 spiro atoms. The second-order valence-electron chi connectivity index (χ2n) is 6.15. The summed E-state index contributed by atoms with van der Waals surface area (Å²) in [5.41, 5.74) is 1.46. The summed E-state index contributed by atoms with van der Waals surface area (Å²) in [5, 5.41) is 6.24. The molecule has 1 N–H and O–H groups in total. The molecule has 0 amide bonds. The van der Waals surface area contributed by atoms with Crippen molar-refractivity contribution in [3.05, 3.63) is 48.0 Å². The molecule has 1 heteroatoms. The molecule has 0 bridgehead atoms. The highest BCUT2D eigenvalue weighted by Gasteiger charge is 2.09. The summed E-state index contributed by atoms with van der Waals surface area (Å²) < 4.78 is 0. The van der Waals surface area contributed by atoms with Gasteiger partial charge in [0.2, 0.25) is 0 Å². The van der Waals surface area contributed by atoms with Crippen molar-refractivity contribution < 1.29 is 0 Å². The van der Waals surface area contributed by atoms with Crippen LogP contribution in [0.2, 0.25) is 0 Å². The van der Waals surface area contributed by atoms with Crippen LogP contribution in [0.1, 0.15) is 38.7 Å². The third kappa shape index (κ3) is 4.08. The fraction of sp³-hybridized carbons (Fsp3) is 0.474. The van der Waals surface area contributed by atoms with Crippen LogP contribution in [0.25, 0.3) is 10.8 Å². The molecule has 0 saturated carbocycles. The summed E-state index contributed by atoms with van der Waals surface area (Å²) in [6.45, 7) is 4.61. The van der Waals surface area contributed by atoms with Gasteiger partial charge in [-0.3, -0.25) is 0 Å². The summed E-state index contributed by atoms with van der Waals surface area (Å²) >= 11 is 0. The third-order valence-electron chi connectivity index (χ3n) is 4.09. The molecule has 108 valence electrons. The maximum Gasteiger partial charge on any atom is 0.0105 e. The van der Waals surface area contributed by atoms with Gasteiger partial charge in [0, 0.05) is 6.04 Å². The molecule has 0 radical (unpaired) electrons. The first-order chi connectivity index (χ1) is 9.70. The minimum Gasteiger partial charge on any atom is -0.317 e. The quantitative estimate of drug-likeness (QED) is 0.761. The minimum atomic E-state index is 0.583. The van der Waals surface area contributed by atoms with E-state index in [1.165, 1.54) is 35.6 Å². The lowest BCUT2D eigenvalue weighted by atomic mass is 9.95. The SMILES string of the molecule is CNC(CCCC(C)C)Cc1cccc2ccccc12. The maximum atomic E-state index is 3.49. The molecular formula is C19H27N. The van der Waals surface area contributed by atoms with E-state index in [-0.39, 0.29) is 0 Å². The van der Waals surface area contributed by atoms with Crippen LogP contribution >= 0.6 is 0 Å². The Morgan fingerprint density at radius 2 is 1.70 bits per heavy atom. The van der Waals surface area contributed by atoms with Gasteiger partial charge in [0.15, 0.2) is 0 Å². The molecule has 0 aliphatic carbocycles. The Morgan fingerprint density at radius 1 is 0.950 bits per heavy atom. The van der Waals surface area contributed by atoms with Crippen LogP contribution in [-0.2, 0) is 6.42 Å². The topological polar surface area (TPSA) is 12.0 Å². The highest BCUT2D eigenvalue weighted by atomic mass is 14.9. The van der Waals surface area contributed by atoms with E-state index in [4.69, 9.17) is 0 Å². The van der Waals surface area contributed by atoms with Gasteiger partial charge in [-0.2, -0.15) is 0 Å². The van der Waals surface area contributed by atoms with Crippen LogP contribution in [0, 0.1) is 5.92 Å². The summed E-state index contributed by atoms with van der Waals surface area (Å²) in [5.74, 6) is 0.810. The highest BCUT2D eigenvalue weighted by Crippen LogP contribution is 2.21. The van der Waals surface area contributed by atoms with Gasteiger partial charge in [-0.1, -0.05) is 69.2 Å². The van der Waals surface area contributed by atoms with Crippen LogP contribution in [0.5, 0.6) is 0 Å². The molecule has 1 nitrogen and oxygen atoms in total. The predicted octanol–water partition coefficient (Wildman–Crippen LogP) is 4.80. The van der Waals surface area contributed by atoms with E-state index in [1.54, 1.807) is 0 Å². The number of hydrogen-bond donors (Lipinski definition) is 1. The molecule has 2 aromatic carbocycles. The van der Waals surface area contributed by atoms with E-state index in [1.807, 2.05) is 0 Å². The Kier molecular flexibility index (Phi) is 5.60. The number of fused-ring (bicyclic) bond motifs is 1. The number of nitrogens with one attached hydrogen (secondary N) is 1. The van der Waals surface area contributed by atoms with Crippen molar-refractivity contribution in [2.24, 2.45) is 5.92 Å². The van der Waals surface area contributed by atoms with Gasteiger partial charge in [0.05, 0.1) is 0 Å². The molecule has 1 unspecified atom stereocenters. The Bertz CT molecular complexity index is 525. The first-order valence-corrected chi connectivity index (χ1v) is 7.84. The zero-order valence-electron chi connectivity index (χ0n) is 13.0. The van der Waals surface area contributed by atoms with E-state index in [0.717, 1.165) is 12.3 Å². The minimum absolute atomic E-state index is 0.583. The molecule has 0 aliphatic rings. The Hall–Kier alpha value is -1.34. The molecule has 0 fully saturated rings. The number of rotatable bonds is 7. The normalized spacial score (nSPS) is 13.0. The number of benzene rings is 2. The van der Waals surface area contributed by atoms with Gasteiger partial charge in [-0.05, 0) is 42.1 Å². The summed E-state index contributed by atoms with van der Waals surface area (Å²) in [4.78, 5) is 0. The zero-order valence-corrected chi connectivity index (χ0v) is 13.0. The fourth-order valence-corrected chi connectivity index (χ4v) is 2.86. The van der Waals surface area contributed by atoms with Crippen molar-refractivity contribution >= 4 is 10.8 Å².